The molecule has 3 rings (SSSR count). The van der Waals surface area contributed by atoms with Gasteiger partial charge in [-0.3, -0.25) is 4.79 Å². The van der Waals surface area contributed by atoms with Gasteiger partial charge in [0.15, 0.2) is 11.5 Å². The van der Waals surface area contributed by atoms with Crippen molar-refractivity contribution >= 4 is 11.6 Å². The van der Waals surface area contributed by atoms with Crippen LogP contribution < -0.4 is 14.8 Å². The molecule has 0 unspecified atom stereocenters. The number of ether oxygens (including phenoxy) is 2. The fraction of sp³-hybridized carbons (Fsp3) is 0.100. The van der Waals surface area contributed by atoms with E-state index in [1.54, 1.807) is 31.5 Å². The molecular weight excluding hydrogens is 316 g/mol. The third-order valence-electron chi connectivity index (χ3n) is 3.51. The Morgan fingerprint density at radius 3 is 2.36 bits per heavy atom. The molecule has 5 heteroatoms. The normalized spacial score (nSPS) is 10.1. The Balaban J connectivity index is 1.61. The number of amides is 1. The Morgan fingerprint density at radius 2 is 1.68 bits per heavy atom. The molecule has 1 aromatic heterocycles. The van der Waals surface area contributed by atoms with Crippen molar-refractivity contribution in [1.29, 1.82) is 0 Å². The molecule has 1 N–H and O–H groups in total. The maximum Gasteiger partial charge on any atom is 0.228 e. The van der Waals surface area contributed by atoms with Crippen LogP contribution in [0.2, 0.25) is 0 Å². The quantitative estimate of drug-likeness (QED) is 0.738. The number of nitrogens with zero attached hydrogens (tertiary/aromatic N) is 1. The summed E-state index contributed by atoms with van der Waals surface area (Å²) in [4.78, 5) is 16.3. The molecule has 1 amide bonds. The van der Waals surface area contributed by atoms with Crippen molar-refractivity contribution in [2.45, 2.75) is 6.42 Å². The zero-order valence-electron chi connectivity index (χ0n) is 13.8. The maximum atomic E-state index is 12.1. The Kier molecular flexibility index (Phi) is 5.26. The molecule has 0 fully saturated rings. The van der Waals surface area contributed by atoms with Crippen molar-refractivity contribution in [2.24, 2.45) is 0 Å². The minimum absolute atomic E-state index is 0.0913. The van der Waals surface area contributed by atoms with Gasteiger partial charge < -0.3 is 14.8 Å². The minimum Gasteiger partial charge on any atom is -0.493 e. The molecule has 0 atom stereocenters. The predicted octanol–water partition coefficient (Wildman–Crippen LogP) is 4.06. The summed E-state index contributed by atoms with van der Waals surface area (Å²) < 4.78 is 10.9. The lowest BCUT2D eigenvalue weighted by Crippen LogP contribution is -2.14. The van der Waals surface area contributed by atoms with E-state index in [0.29, 0.717) is 29.5 Å². The van der Waals surface area contributed by atoms with E-state index >= 15 is 0 Å². The van der Waals surface area contributed by atoms with Crippen LogP contribution in [-0.4, -0.2) is 18.0 Å². The van der Waals surface area contributed by atoms with E-state index in [1.807, 2.05) is 48.5 Å². The summed E-state index contributed by atoms with van der Waals surface area (Å²) in [5.41, 5.74) is 1.58. The van der Waals surface area contributed by atoms with Crippen molar-refractivity contribution in [3.8, 4) is 17.4 Å². The van der Waals surface area contributed by atoms with Gasteiger partial charge in [-0.05, 0) is 23.8 Å². The number of hydrogen-bond acceptors (Lipinski definition) is 4. The molecule has 126 valence electrons. The molecule has 0 saturated carbocycles. The molecule has 1 heterocycles. The van der Waals surface area contributed by atoms with E-state index in [4.69, 9.17) is 9.47 Å². The summed E-state index contributed by atoms with van der Waals surface area (Å²) in [7, 11) is 1.58. The van der Waals surface area contributed by atoms with Crippen molar-refractivity contribution in [1.82, 2.24) is 4.98 Å². The third kappa shape index (κ3) is 4.57. The van der Waals surface area contributed by atoms with E-state index in [0.717, 1.165) is 5.56 Å². The van der Waals surface area contributed by atoms with Gasteiger partial charge in [0.1, 0.15) is 0 Å². The van der Waals surface area contributed by atoms with Crippen LogP contribution in [0.15, 0.2) is 72.9 Å². The topological polar surface area (TPSA) is 60.5 Å². The summed E-state index contributed by atoms with van der Waals surface area (Å²) in [6.07, 6.45) is 1.88. The van der Waals surface area contributed by atoms with E-state index in [-0.39, 0.29) is 5.91 Å². The van der Waals surface area contributed by atoms with E-state index in [2.05, 4.69) is 10.3 Å². The first kappa shape index (κ1) is 16.5. The fourth-order valence-corrected chi connectivity index (χ4v) is 2.32. The number of methoxy groups -OCH3 is 1. The van der Waals surface area contributed by atoms with Gasteiger partial charge in [0, 0.05) is 6.07 Å². The highest BCUT2D eigenvalue weighted by atomic mass is 16.5. The summed E-state index contributed by atoms with van der Waals surface area (Å²) in [5.74, 6) is 1.54. The van der Waals surface area contributed by atoms with Gasteiger partial charge in [-0.2, -0.15) is 0 Å². The lowest BCUT2D eigenvalue weighted by atomic mass is 10.1. The average molecular weight is 334 g/mol. The molecule has 0 aliphatic heterocycles. The van der Waals surface area contributed by atoms with Gasteiger partial charge in [-0.25, -0.2) is 4.98 Å². The maximum absolute atomic E-state index is 12.1. The van der Waals surface area contributed by atoms with Gasteiger partial charge in [-0.1, -0.05) is 42.5 Å². The number of pyridine rings is 1. The smallest absolute Gasteiger partial charge is 0.228 e. The predicted molar refractivity (Wildman–Crippen MR) is 96.1 cm³/mol. The van der Waals surface area contributed by atoms with E-state index < -0.39 is 0 Å². The molecule has 3 aromatic rings. The Labute approximate surface area is 146 Å². The molecule has 0 radical (unpaired) electrons. The van der Waals surface area contributed by atoms with Gasteiger partial charge >= 0.3 is 0 Å². The zero-order chi connectivity index (χ0) is 17.5. The van der Waals surface area contributed by atoms with Crippen molar-refractivity contribution in [3.05, 3.63) is 78.5 Å². The van der Waals surface area contributed by atoms with Crippen LogP contribution in [0.25, 0.3) is 0 Å². The summed E-state index contributed by atoms with van der Waals surface area (Å²) in [6, 6.07) is 20.4. The SMILES string of the molecule is COc1ccccc1Oc1ccc(NC(=O)Cc2ccccc2)cn1. The molecule has 25 heavy (non-hydrogen) atoms. The van der Waals surface area contributed by atoms with Crippen LogP contribution in [0, 0.1) is 0 Å². The average Bonchev–Trinajstić information content (AvgIpc) is 2.64. The first-order valence-electron chi connectivity index (χ1n) is 7.85. The fourth-order valence-electron chi connectivity index (χ4n) is 2.32. The largest absolute Gasteiger partial charge is 0.493 e. The van der Waals surface area contributed by atoms with Gasteiger partial charge in [-0.15, -0.1) is 0 Å². The van der Waals surface area contributed by atoms with Crippen LogP contribution in [0.1, 0.15) is 5.56 Å². The lowest BCUT2D eigenvalue weighted by Gasteiger charge is -2.10. The minimum atomic E-state index is -0.0913. The first-order chi connectivity index (χ1) is 12.2. The highest BCUT2D eigenvalue weighted by Crippen LogP contribution is 2.30. The summed E-state index contributed by atoms with van der Waals surface area (Å²) in [5, 5.41) is 2.82. The molecular formula is C20H18N2O3. The van der Waals surface area contributed by atoms with Crippen LogP contribution in [-0.2, 0) is 11.2 Å². The van der Waals surface area contributed by atoms with Crippen molar-refractivity contribution < 1.29 is 14.3 Å². The highest BCUT2D eigenvalue weighted by Gasteiger charge is 2.07. The summed E-state index contributed by atoms with van der Waals surface area (Å²) in [6.45, 7) is 0. The number of carbonyl (C=O) groups excluding carboxylic acids is 1. The standard InChI is InChI=1S/C20H18N2O3/c1-24-17-9-5-6-10-18(17)25-20-12-11-16(14-21-20)22-19(23)13-15-7-3-2-4-8-15/h2-12,14H,13H2,1H3,(H,22,23). The van der Waals surface area contributed by atoms with Crippen molar-refractivity contribution in [3.63, 3.8) is 0 Å². The van der Waals surface area contributed by atoms with Gasteiger partial charge in [0.05, 0.1) is 25.4 Å². The lowest BCUT2D eigenvalue weighted by molar-refractivity contribution is -0.115. The molecule has 0 saturated heterocycles. The number of benzene rings is 2. The molecule has 0 aliphatic rings. The van der Waals surface area contributed by atoms with Crippen LogP contribution in [0.5, 0.6) is 17.4 Å². The number of aromatic nitrogens is 1. The second-order valence-corrected chi connectivity index (χ2v) is 5.35. The second kappa shape index (κ2) is 7.97. The number of rotatable bonds is 6. The van der Waals surface area contributed by atoms with Crippen LogP contribution in [0.4, 0.5) is 5.69 Å². The van der Waals surface area contributed by atoms with E-state index in [9.17, 15) is 4.79 Å². The number of para-hydroxylation sites is 2. The molecule has 0 aliphatic carbocycles. The molecule has 0 bridgehead atoms. The zero-order valence-corrected chi connectivity index (χ0v) is 13.8. The van der Waals surface area contributed by atoms with Gasteiger partial charge in [0.2, 0.25) is 11.8 Å². The summed E-state index contributed by atoms with van der Waals surface area (Å²) >= 11 is 0. The first-order valence-corrected chi connectivity index (χ1v) is 7.85. The molecule has 0 spiro atoms. The molecule has 5 nitrogen and oxygen atoms in total. The third-order valence-corrected chi connectivity index (χ3v) is 3.51. The Hall–Kier alpha value is -3.34. The number of nitrogens with one attached hydrogen (secondary N) is 1. The van der Waals surface area contributed by atoms with Gasteiger partial charge in [0.25, 0.3) is 0 Å². The number of hydrogen-bond donors (Lipinski definition) is 1. The molecule has 2 aromatic carbocycles. The van der Waals surface area contributed by atoms with Crippen molar-refractivity contribution in [2.75, 3.05) is 12.4 Å². The number of carbonyl (C=O) groups is 1. The Bertz CT molecular complexity index is 833. The van der Waals surface area contributed by atoms with E-state index in [1.165, 1.54) is 0 Å². The highest BCUT2D eigenvalue weighted by molar-refractivity contribution is 5.92. The second-order valence-electron chi connectivity index (χ2n) is 5.35. The van der Waals surface area contributed by atoms with Crippen LogP contribution >= 0.6 is 0 Å². The number of anilines is 1. The van der Waals surface area contributed by atoms with Crippen LogP contribution in [0.3, 0.4) is 0 Å². The Morgan fingerprint density at radius 1 is 0.960 bits per heavy atom. The monoisotopic (exact) mass is 334 g/mol.